The van der Waals surface area contributed by atoms with Gasteiger partial charge in [-0.2, -0.15) is 0 Å². The average Bonchev–Trinajstić information content (AvgIpc) is 2.61. The normalized spacial score (nSPS) is 14.2. The lowest BCUT2D eigenvalue weighted by Crippen LogP contribution is -2.54. The van der Waals surface area contributed by atoms with Crippen molar-refractivity contribution in [3.8, 4) is 0 Å². The molecule has 0 aromatic rings. The summed E-state index contributed by atoms with van der Waals surface area (Å²) in [4.78, 5) is 25.8. The van der Waals surface area contributed by atoms with Gasteiger partial charge in [0.2, 0.25) is 8.32 Å². The zero-order valence-corrected chi connectivity index (χ0v) is 20.5. The van der Waals surface area contributed by atoms with Crippen LogP contribution in [0.15, 0.2) is 12.2 Å². The van der Waals surface area contributed by atoms with Crippen molar-refractivity contribution in [3.05, 3.63) is 12.2 Å². The second-order valence-electron chi connectivity index (χ2n) is 8.32. The number of carbonyl (C=O) groups is 2. The van der Waals surface area contributed by atoms with Gasteiger partial charge in [0.25, 0.3) is 0 Å². The fourth-order valence-electron chi connectivity index (χ4n) is 4.27. The van der Waals surface area contributed by atoms with E-state index in [1.807, 2.05) is 6.92 Å². The molecule has 1 amide bonds. The lowest BCUT2D eigenvalue weighted by Gasteiger charge is -2.46. The molecule has 0 spiro atoms. The van der Waals surface area contributed by atoms with Gasteiger partial charge in [-0.1, -0.05) is 48.1 Å². The van der Waals surface area contributed by atoms with Gasteiger partial charge in [0.05, 0.1) is 25.9 Å². The van der Waals surface area contributed by atoms with Crippen LogP contribution in [-0.2, 0) is 18.7 Å². The highest BCUT2D eigenvalue weighted by atomic mass is 28.4. The van der Waals surface area contributed by atoms with E-state index in [-0.39, 0.29) is 25.2 Å². The second kappa shape index (κ2) is 11.6. The van der Waals surface area contributed by atoms with Crippen LogP contribution in [0.3, 0.4) is 0 Å². The zero-order chi connectivity index (χ0) is 22.2. The molecule has 0 heterocycles. The third-order valence-corrected chi connectivity index (χ3v) is 11.8. The van der Waals surface area contributed by atoms with Crippen LogP contribution in [0.5, 0.6) is 0 Å². The van der Waals surface area contributed by atoms with Gasteiger partial charge in [-0.15, -0.1) is 0 Å². The highest BCUT2D eigenvalue weighted by Crippen LogP contribution is 2.43. The summed E-state index contributed by atoms with van der Waals surface area (Å²) in [7, 11) is 0.838. The minimum absolute atomic E-state index is 0.266. The summed E-state index contributed by atoms with van der Waals surface area (Å²) in [6.45, 7) is 21.2. The number of rotatable bonds is 11. The monoisotopic (exact) mass is 415 g/mol. The lowest BCUT2D eigenvalue weighted by molar-refractivity contribution is -0.136. The summed E-state index contributed by atoms with van der Waals surface area (Å²) < 4.78 is 16.8. The molecule has 0 rings (SSSR count). The first-order valence-electron chi connectivity index (χ1n) is 10.2. The van der Waals surface area contributed by atoms with Crippen LogP contribution in [0.4, 0.5) is 4.79 Å². The molecule has 6 nitrogen and oxygen atoms in total. The third-order valence-electron chi connectivity index (χ3n) is 5.62. The molecule has 0 N–H and O–H groups in total. The molecule has 0 fully saturated rings. The number of amides is 1. The molecule has 0 bridgehead atoms. The van der Waals surface area contributed by atoms with E-state index in [1.165, 1.54) is 12.0 Å². The smallest absolute Gasteiger partial charge is 0.409 e. The van der Waals surface area contributed by atoms with E-state index < -0.39 is 20.4 Å². The van der Waals surface area contributed by atoms with Gasteiger partial charge < -0.3 is 18.8 Å². The summed E-state index contributed by atoms with van der Waals surface area (Å²) in [6, 6.07) is -0.381. The van der Waals surface area contributed by atoms with E-state index >= 15 is 0 Å². The van der Waals surface area contributed by atoms with E-state index in [2.05, 4.69) is 48.1 Å². The highest BCUT2D eigenvalue weighted by Gasteiger charge is 2.47. The summed E-state index contributed by atoms with van der Waals surface area (Å²) >= 11 is 0. The molecule has 0 saturated heterocycles. The molecule has 0 aromatic carbocycles. The van der Waals surface area contributed by atoms with Crippen LogP contribution >= 0.6 is 0 Å². The van der Waals surface area contributed by atoms with Crippen LogP contribution in [0.2, 0.25) is 16.6 Å². The Morgan fingerprint density at radius 2 is 1.46 bits per heavy atom. The third kappa shape index (κ3) is 6.34. The Balaban J connectivity index is 5.88. The molecule has 7 heteroatoms. The van der Waals surface area contributed by atoms with Gasteiger partial charge in [-0.3, -0.25) is 0 Å². The Labute approximate surface area is 172 Å². The molecule has 164 valence electrons. The van der Waals surface area contributed by atoms with E-state index in [4.69, 9.17) is 13.9 Å². The number of ether oxygens (including phenoxy) is 2. The predicted molar refractivity (Wildman–Crippen MR) is 116 cm³/mol. The minimum atomic E-state index is -2.16. The number of likely N-dealkylation sites (N-methyl/N-ethyl adjacent to an activating group) is 1. The zero-order valence-electron chi connectivity index (χ0n) is 19.5. The molecule has 0 radical (unpaired) electrons. The SMILES string of the molecule is C=C(C[C@@H]([C@H](C)O[Si](C(C)C)(C(C)C)C(C)C)N(C)C(=O)OCC)C(=O)OC. The van der Waals surface area contributed by atoms with E-state index in [1.54, 1.807) is 14.0 Å². The van der Waals surface area contributed by atoms with Crippen LogP contribution in [0.1, 0.15) is 61.8 Å². The molecular formula is C21H41NO5Si. The molecule has 0 aromatic heterocycles. The summed E-state index contributed by atoms with van der Waals surface area (Å²) in [5.74, 6) is -0.477. The van der Waals surface area contributed by atoms with Crippen LogP contribution in [0.25, 0.3) is 0 Å². The molecule has 2 atom stereocenters. The Morgan fingerprint density at radius 1 is 1.00 bits per heavy atom. The summed E-state index contributed by atoms with van der Waals surface area (Å²) in [6.07, 6.45) is -0.455. The fraction of sp³-hybridized carbons (Fsp3) is 0.810. The number of hydrogen-bond donors (Lipinski definition) is 0. The average molecular weight is 416 g/mol. The van der Waals surface area contributed by atoms with Crippen molar-refractivity contribution in [1.82, 2.24) is 4.90 Å². The van der Waals surface area contributed by atoms with Gasteiger partial charge in [0.15, 0.2) is 0 Å². The number of nitrogens with zero attached hydrogens (tertiary/aromatic N) is 1. The van der Waals surface area contributed by atoms with Crippen LogP contribution in [0, 0.1) is 0 Å². The van der Waals surface area contributed by atoms with Crippen LogP contribution in [-0.4, -0.2) is 58.2 Å². The van der Waals surface area contributed by atoms with Crippen molar-refractivity contribution in [2.45, 2.75) is 90.6 Å². The maximum atomic E-state index is 12.4. The summed E-state index contributed by atoms with van der Waals surface area (Å²) in [5, 5.41) is 0. The predicted octanol–water partition coefficient (Wildman–Crippen LogP) is 5.14. The van der Waals surface area contributed by atoms with Crippen LogP contribution < -0.4 is 0 Å². The maximum Gasteiger partial charge on any atom is 0.409 e. The van der Waals surface area contributed by atoms with Gasteiger partial charge >= 0.3 is 12.1 Å². The molecule has 0 saturated carbocycles. The Bertz CT molecular complexity index is 511. The molecule has 0 unspecified atom stereocenters. The molecule has 28 heavy (non-hydrogen) atoms. The van der Waals surface area contributed by atoms with Crippen molar-refractivity contribution in [2.75, 3.05) is 20.8 Å². The van der Waals surface area contributed by atoms with Crippen molar-refractivity contribution >= 4 is 20.4 Å². The van der Waals surface area contributed by atoms with Gasteiger partial charge in [0, 0.05) is 19.0 Å². The van der Waals surface area contributed by atoms with Crippen molar-refractivity contribution < 1.29 is 23.5 Å². The number of esters is 1. The molecule has 0 aliphatic heterocycles. The Morgan fingerprint density at radius 3 is 1.82 bits per heavy atom. The van der Waals surface area contributed by atoms with Gasteiger partial charge in [-0.25, -0.2) is 9.59 Å². The number of hydrogen-bond acceptors (Lipinski definition) is 5. The lowest BCUT2D eigenvalue weighted by atomic mass is 10.0. The van der Waals surface area contributed by atoms with E-state index in [9.17, 15) is 9.59 Å². The molecular weight excluding hydrogens is 374 g/mol. The van der Waals surface area contributed by atoms with Crippen molar-refractivity contribution in [2.24, 2.45) is 0 Å². The number of carbonyl (C=O) groups excluding carboxylic acids is 2. The first kappa shape index (κ1) is 26.7. The Hall–Kier alpha value is -1.34. The topological polar surface area (TPSA) is 65.1 Å². The van der Waals surface area contributed by atoms with E-state index in [0.717, 1.165) is 0 Å². The Kier molecular flexibility index (Phi) is 11.1. The van der Waals surface area contributed by atoms with Gasteiger partial charge in [0.1, 0.15) is 0 Å². The fourth-order valence-corrected chi connectivity index (χ4v) is 9.88. The first-order valence-corrected chi connectivity index (χ1v) is 12.3. The number of methoxy groups -OCH3 is 1. The largest absolute Gasteiger partial charge is 0.466 e. The first-order chi connectivity index (χ1) is 12.9. The highest BCUT2D eigenvalue weighted by molar-refractivity contribution is 6.77. The van der Waals surface area contributed by atoms with Crippen molar-refractivity contribution in [1.29, 1.82) is 0 Å². The van der Waals surface area contributed by atoms with E-state index in [0.29, 0.717) is 22.2 Å². The second-order valence-corrected chi connectivity index (χ2v) is 13.7. The molecule has 0 aliphatic rings. The standard InChI is InChI=1S/C21H41NO5Si/c1-12-26-21(24)22(10)19(13-17(8)20(23)25-11)18(9)27-28(14(2)3,15(4)5)16(6)7/h14-16,18-19H,8,12-13H2,1-7,9-11H3/t18-,19-/m0/s1. The quantitative estimate of drug-likeness (QED) is 0.265. The maximum absolute atomic E-state index is 12.4. The summed E-state index contributed by atoms with van der Waals surface area (Å²) in [5.41, 5.74) is 1.54. The van der Waals surface area contributed by atoms with Gasteiger partial charge in [-0.05, 0) is 30.5 Å². The van der Waals surface area contributed by atoms with Crippen molar-refractivity contribution in [3.63, 3.8) is 0 Å². The molecule has 0 aliphatic carbocycles. The minimum Gasteiger partial charge on any atom is -0.466 e.